The Morgan fingerprint density at radius 2 is 1.90 bits per heavy atom. The van der Waals surface area contributed by atoms with Crippen LogP contribution in [0, 0.1) is 0 Å². The molecule has 0 aliphatic rings. The lowest BCUT2D eigenvalue weighted by atomic mass is 10.2. The van der Waals surface area contributed by atoms with Gasteiger partial charge in [-0.1, -0.05) is 0 Å². The molecule has 0 unspecified atom stereocenters. The number of rotatable bonds is 9. The van der Waals surface area contributed by atoms with E-state index in [4.69, 9.17) is 24.7 Å². The average molecular weight is 283 g/mol. The number of carbonyl (C=O) groups excluding carboxylic acids is 1. The van der Waals surface area contributed by atoms with Crippen molar-refractivity contribution in [2.45, 2.75) is 6.42 Å². The zero-order valence-corrected chi connectivity index (χ0v) is 11.9. The standard InChI is InChI=1S/C14H21NO5/c1-17-4-3-5-19-6-7-20-14(16)11-8-12(15)10-13(9-11)18-2/h8-10H,3-7,15H2,1-2H3. The summed E-state index contributed by atoms with van der Waals surface area (Å²) in [7, 11) is 3.15. The molecule has 0 aliphatic carbocycles. The molecular weight excluding hydrogens is 262 g/mol. The van der Waals surface area contributed by atoms with E-state index < -0.39 is 5.97 Å². The van der Waals surface area contributed by atoms with Crippen LogP contribution in [-0.4, -0.2) is 46.6 Å². The first-order chi connectivity index (χ1) is 9.67. The number of nitrogen functional groups attached to an aromatic ring is 1. The van der Waals surface area contributed by atoms with Gasteiger partial charge in [-0.25, -0.2) is 4.79 Å². The summed E-state index contributed by atoms with van der Waals surface area (Å²) in [6.07, 6.45) is 0.816. The summed E-state index contributed by atoms with van der Waals surface area (Å²) in [5.41, 5.74) is 6.48. The number of carbonyl (C=O) groups is 1. The Balaban J connectivity index is 2.30. The molecule has 0 fully saturated rings. The van der Waals surface area contributed by atoms with E-state index in [0.717, 1.165) is 6.42 Å². The Bertz CT molecular complexity index is 422. The first kappa shape index (κ1) is 16.3. The van der Waals surface area contributed by atoms with Crippen molar-refractivity contribution in [2.75, 3.05) is 46.4 Å². The topological polar surface area (TPSA) is 80.0 Å². The van der Waals surface area contributed by atoms with Crippen LogP contribution in [-0.2, 0) is 14.2 Å². The van der Waals surface area contributed by atoms with E-state index in [1.165, 1.54) is 7.11 Å². The van der Waals surface area contributed by atoms with Crippen LogP contribution in [0.25, 0.3) is 0 Å². The van der Waals surface area contributed by atoms with Gasteiger partial charge in [0.05, 0.1) is 19.3 Å². The zero-order chi connectivity index (χ0) is 14.8. The van der Waals surface area contributed by atoms with Crippen LogP contribution in [0.5, 0.6) is 5.75 Å². The third-order valence-electron chi connectivity index (χ3n) is 2.50. The highest BCUT2D eigenvalue weighted by molar-refractivity contribution is 5.91. The van der Waals surface area contributed by atoms with E-state index in [2.05, 4.69) is 0 Å². The van der Waals surface area contributed by atoms with E-state index in [1.54, 1.807) is 25.3 Å². The second kappa shape index (κ2) is 9.17. The van der Waals surface area contributed by atoms with Crippen molar-refractivity contribution >= 4 is 11.7 Å². The summed E-state index contributed by atoms with van der Waals surface area (Å²) in [5, 5.41) is 0. The van der Waals surface area contributed by atoms with Gasteiger partial charge < -0.3 is 24.7 Å². The summed E-state index contributed by atoms with van der Waals surface area (Å²) in [6.45, 7) is 1.79. The summed E-state index contributed by atoms with van der Waals surface area (Å²) in [6, 6.07) is 4.76. The number of ether oxygens (including phenoxy) is 4. The fraction of sp³-hybridized carbons (Fsp3) is 0.500. The van der Waals surface area contributed by atoms with Crippen molar-refractivity contribution in [1.29, 1.82) is 0 Å². The molecule has 1 aromatic rings. The molecule has 1 aromatic carbocycles. The number of hydrogen-bond acceptors (Lipinski definition) is 6. The van der Waals surface area contributed by atoms with Crippen LogP contribution in [0.1, 0.15) is 16.8 Å². The summed E-state index contributed by atoms with van der Waals surface area (Å²) >= 11 is 0. The van der Waals surface area contributed by atoms with Crippen LogP contribution in [0.15, 0.2) is 18.2 Å². The van der Waals surface area contributed by atoms with Crippen molar-refractivity contribution in [3.8, 4) is 5.75 Å². The van der Waals surface area contributed by atoms with E-state index >= 15 is 0 Å². The Hall–Kier alpha value is -1.79. The lowest BCUT2D eigenvalue weighted by molar-refractivity contribution is 0.0288. The first-order valence-electron chi connectivity index (χ1n) is 6.35. The normalized spacial score (nSPS) is 10.3. The monoisotopic (exact) mass is 283 g/mol. The van der Waals surface area contributed by atoms with Crippen molar-refractivity contribution in [3.05, 3.63) is 23.8 Å². The van der Waals surface area contributed by atoms with Crippen LogP contribution in [0.2, 0.25) is 0 Å². The number of benzene rings is 1. The lowest BCUT2D eigenvalue weighted by Gasteiger charge is -2.08. The molecular formula is C14H21NO5. The molecule has 6 nitrogen and oxygen atoms in total. The molecule has 0 spiro atoms. The molecule has 0 heterocycles. The van der Waals surface area contributed by atoms with E-state index in [1.807, 2.05) is 0 Å². The fourth-order valence-electron chi connectivity index (χ4n) is 1.54. The summed E-state index contributed by atoms with van der Waals surface area (Å²) < 4.78 is 20.3. The Morgan fingerprint density at radius 3 is 2.60 bits per heavy atom. The van der Waals surface area contributed by atoms with Crippen LogP contribution < -0.4 is 10.5 Å². The molecule has 0 atom stereocenters. The molecule has 112 valence electrons. The molecule has 0 aliphatic heterocycles. The highest BCUT2D eigenvalue weighted by Gasteiger charge is 2.09. The molecule has 2 N–H and O–H groups in total. The van der Waals surface area contributed by atoms with Crippen LogP contribution >= 0.6 is 0 Å². The van der Waals surface area contributed by atoms with E-state index in [-0.39, 0.29) is 6.61 Å². The van der Waals surface area contributed by atoms with Crippen LogP contribution in [0.3, 0.4) is 0 Å². The Labute approximate surface area is 118 Å². The maximum absolute atomic E-state index is 11.8. The van der Waals surface area contributed by atoms with Gasteiger partial charge in [-0.2, -0.15) is 0 Å². The molecule has 0 saturated carbocycles. The van der Waals surface area contributed by atoms with Crippen molar-refractivity contribution in [3.63, 3.8) is 0 Å². The molecule has 0 aromatic heterocycles. The second-order valence-corrected chi connectivity index (χ2v) is 4.09. The van der Waals surface area contributed by atoms with Gasteiger partial charge in [0.2, 0.25) is 0 Å². The van der Waals surface area contributed by atoms with E-state index in [9.17, 15) is 4.79 Å². The minimum absolute atomic E-state index is 0.197. The van der Waals surface area contributed by atoms with Crippen molar-refractivity contribution in [2.24, 2.45) is 0 Å². The first-order valence-corrected chi connectivity index (χ1v) is 6.35. The van der Waals surface area contributed by atoms with Gasteiger partial charge >= 0.3 is 5.97 Å². The molecule has 0 amide bonds. The minimum atomic E-state index is -0.448. The highest BCUT2D eigenvalue weighted by Crippen LogP contribution is 2.19. The molecule has 0 radical (unpaired) electrons. The minimum Gasteiger partial charge on any atom is -0.497 e. The highest BCUT2D eigenvalue weighted by atomic mass is 16.6. The number of esters is 1. The number of nitrogens with two attached hydrogens (primary N) is 1. The van der Waals surface area contributed by atoms with E-state index in [0.29, 0.717) is 36.8 Å². The smallest absolute Gasteiger partial charge is 0.338 e. The van der Waals surface area contributed by atoms with Gasteiger partial charge in [0.1, 0.15) is 12.4 Å². The lowest BCUT2D eigenvalue weighted by Crippen LogP contribution is -2.12. The molecule has 6 heteroatoms. The second-order valence-electron chi connectivity index (χ2n) is 4.09. The fourth-order valence-corrected chi connectivity index (χ4v) is 1.54. The van der Waals surface area contributed by atoms with Gasteiger partial charge in [0.15, 0.2) is 0 Å². The largest absolute Gasteiger partial charge is 0.497 e. The number of anilines is 1. The number of hydrogen-bond donors (Lipinski definition) is 1. The van der Waals surface area contributed by atoms with Gasteiger partial charge in [-0.05, 0) is 18.6 Å². The van der Waals surface area contributed by atoms with Gasteiger partial charge in [0, 0.05) is 32.1 Å². The summed E-state index contributed by atoms with van der Waals surface area (Å²) in [4.78, 5) is 11.8. The predicted octanol–water partition coefficient (Wildman–Crippen LogP) is 1.49. The van der Waals surface area contributed by atoms with Gasteiger partial charge in [-0.15, -0.1) is 0 Å². The Morgan fingerprint density at radius 1 is 1.10 bits per heavy atom. The summed E-state index contributed by atoms with van der Waals surface area (Å²) in [5.74, 6) is 0.0730. The maximum atomic E-state index is 11.8. The average Bonchev–Trinajstić information content (AvgIpc) is 2.45. The van der Waals surface area contributed by atoms with Gasteiger partial charge in [0.25, 0.3) is 0 Å². The molecule has 0 bridgehead atoms. The Kier molecular flexibility index (Phi) is 7.46. The SMILES string of the molecule is COCCCOCCOC(=O)c1cc(N)cc(OC)c1. The van der Waals surface area contributed by atoms with Crippen molar-refractivity contribution in [1.82, 2.24) is 0 Å². The predicted molar refractivity (Wildman–Crippen MR) is 75.0 cm³/mol. The number of methoxy groups -OCH3 is 2. The zero-order valence-electron chi connectivity index (χ0n) is 11.9. The third-order valence-corrected chi connectivity index (χ3v) is 2.50. The molecule has 0 saturated heterocycles. The third kappa shape index (κ3) is 5.90. The molecule has 20 heavy (non-hydrogen) atoms. The van der Waals surface area contributed by atoms with Gasteiger partial charge in [-0.3, -0.25) is 0 Å². The quantitative estimate of drug-likeness (QED) is 0.420. The van der Waals surface area contributed by atoms with Crippen molar-refractivity contribution < 1.29 is 23.7 Å². The maximum Gasteiger partial charge on any atom is 0.338 e. The molecule has 1 rings (SSSR count). The van der Waals surface area contributed by atoms with Crippen LogP contribution in [0.4, 0.5) is 5.69 Å².